The topological polar surface area (TPSA) is 30.7 Å². The molecule has 2 aromatic heterocycles. The van der Waals surface area contributed by atoms with Crippen molar-refractivity contribution in [1.82, 2.24) is 14.8 Å². The van der Waals surface area contributed by atoms with Gasteiger partial charge in [-0.2, -0.15) is 5.10 Å². The van der Waals surface area contributed by atoms with E-state index in [2.05, 4.69) is 16.1 Å². The van der Waals surface area contributed by atoms with Crippen molar-refractivity contribution in [2.45, 2.75) is 20.8 Å². The molecule has 0 unspecified atom stereocenters. The van der Waals surface area contributed by atoms with Crippen LogP contribution in [-0.4, -0.2) is 14.8 Å². The van der Waals surface area contributed by atoms with Crippen LogP contribution in [0.2, 0.25) is 0 Å². The first kappa shape index (κ1) is 11.4. The van der Waals surface area contributed by atoms with E-state index in [1.54, 1.807) is 4.68 Å². The van der Waals surface area contributed by atoms with Gasteiger partial charge in [0.25, 0.3) is 0 Å². The predicted octanol–water partition coefficient (Wildman–Crippen LogP) is 2.82. The van der Waals surface area contributed by atoms with Crippen molar-refractivity contribution >= 4 is 0 Å². The van der Waals surface area contributed by atoms with Crippen LogP contribution >= 0.6 is 0 Å². The second-order valence-electron chi connectivity index (χ2n) is 3.09. The van der Waals surface area contributed by atoms with Gasteiger partial charge in [0, 0.05) is 36.3 Å². The van der Waals surface area contributed by atoms with Crippen LogP contribution in [0.25, 0.3) is 11.1 Å². The normalized spacial score (nSPS) is 9.33. The van der Waals surface area contributed by atoms with E-state index in [0.29, 0.717) is 0 Å². The molecule has 3 nitrogen and oxygen atoms in total. The van der Waals surface area contributed by atoms with Crippen LogP contribution in [0.1, 0.15) is 19.5 Å². The lowest BCUT2D eigenvalue weighted by molar-refractivity contribution is 0.768. The summed E-state index contributed by atoms with van der Waals surface area (Å²) in [5.41, 5.74) is 3.25. The van der Waals surface area contributed by atoms with Crippen molar-refractivity contribution in [3.8, 4) is 11.1 Å². The molecule has 0 aliphatic heterocycles. The summed E-state index contributed by atoms with van der Waals surface area (Å²) in [6, 6.07) is 4.06. The maximum absolute atomic E-state index is 4.23. The molecule has 0 aromatic carbocycles. The molecule has 0 radical (unpaired) electrons. The minimum absolute atomic E-state index is 1.03. The minimum Gasteiger partial charge on any atom is -0.275 e. The Kier molecular flexibility index (Phi) is 4.03. The maximum Gasteiger partial charge on any atom is 0.0568 e. The summed E-state index contributed by atoms with van der Waals surface area (Å²) < 4.78 is 1.79. The fourth-order valence-electron chi connectivity index (χ4n) is 1.21. The number of pyridine rings is 1. The van der Waals surface area contributed by atoms with Crippen molar-refractivity contribution in [2.24, 2.45) is 7.05 Å². The Labute approximate surface area is 90.8 Å². The largest absolute Gasteiger partial charge is 0.275 e. The lowest BCUT2D eigenvalue weighted by Crippen LogP contribution is -1.84. The first-order chi connectivity index (χ1) is 7.25. The average Bonchev–Trinajstić information content (AvgIpc) is 2.69. The standard InChI is InChI=1S/C10H11N3.C2H6/c1-8-3-4-9(5-11-8)10-6-12-13(2)7-10;1-2/h3-7H,1-2H3;1-2H3. The molecular formula is C12H17N3. The molecule has 0 saturated heterocycles. The first-order valence-corrected chi connectivity index (χ1v) is 5.17. The SMILES string of the molecule is CC.Cc1ccc(-c2cnn(C)c2)cn1. The van der Waals surface area contributed by atoms with E-state index < -0.39 is 0 Å². The molecule has 0 spiro atoms. The zero-order valence-corrected chi connectivity index (χ0v) is 9.73. The molecule has 0 bridgehead atoms. The number of aromatic nitrogens is 3. The van der Waals surface area contributed by atoms with Gasteiger partial charge in [0.15, 0.2) is 0 Å². The zero-order valence-electron chi connectivity index (χ0n) is 9.73. The van der Waals surface area contributed by atoms with Gasteiger partial charge < -0.3 is 0 Å². The van der Waals surface area contributed by atoms with Crippen molar-refractivity contribution in [1.29, 1.82) is 0 Å². The molecule has 2 aromatic rings. The smallest absolute Gasteiger partial charge is 0.0568 e. The van der Waals surface area contributed by atoms with Crippen molar-refractivity contribution in [3.63, 3.8) is 0 Å². The fraction of sp³-hybridized carbons (Fsp3) is 0.333. The summed E-state index contributed by atoms with van der Waals surface area (Å²) in [5.74, 6) is 0. The van der Waals surface area contributed by atoms with E-state index in [1.165, 1.54) is 0 Å². The lowest BCUT2D eigenvalue weighted by atomic mass is 10.1. The summed E-state index contributed by atoms with van der Waals surface area (Å²) in [5, 5.41) is 4.10. The molecule has 0 fully saturated rings. The Balaban J connectivity index is 0.000000531. The number of hydrogen-bond donors (Lipinski definition) is 0. The van der Waals surface area contributed by atoms with Gasteiger partial charge in [-0.1, -0.05) is 19.9 Å². The Morgan fingerprint density at radius 1 is 1.07 bits per heavy atom. The van der Waals surface area contributed by atoms with E-state index in [9.17, 15) is 0 Å². The third kappa shape index (κ3) is 2.91. The molecule has 3 heteroatoms. The molecule has 0 saturated carbocycles. The third-order valence-corrected chi connectivity index (χ3v) is 1.95. The second-order valence-corrected chi connectivity index (χ2v) is 3.09. The Hall–Kier alpha value is -1.64. The van der Waals surface area contributed by atoms with Gasteiger partial charge in [0.2, 0.25) is 0 Å². The Morgan fingerprint density at radius 2 is 1.80 bits per heavy atom. The van der Waals surface area contributed by atoms with Crippen LogP contribution in [0.15, 0.2) is 30.7 Å². The van der Waals surface area contributed by atoms with Crippen LogP contribution in [0.5, 0.6) is 0 Å². The highest BCUT2D eigenvalue weighted by atomic mass is 15.2. The van der Waals surface area contributed by atoms with Crippen LogP contribution in [-0.2, 0) is 7.05 Å². The van der Waals surface area contributed by atoms with Gasteiger partial charge >= 0.3 is 0 Å². The van der Waals surface area contributed by atoms with Crippen LogP contribution in [0.3, 0.4) is 0 Å². The molecule has 15 heavy (non-hydrogen) atoms. The number of nitrogens with zero attached hydrogens (tertiary/aromatic N) is 3. The number of hydrogen-bond acceptors (Lipinski definition) is 2. The van der Waals surface area contributed by atoms with Crippen molar-refractivity contribution in [3.05, 3.63) is 36.4 Å². The monoisotopic (exact) mass is 203 g/mol. The minimum atomic E-state index is 1.03. The van der Waals surface area contributed by atoms with Crippen molar-refractivity contribution < 1.29 is 0 Å². The van der Waals surface area contributed by atoms with Gasteiger partial charge in [-0.05, 0) is 13.0 Å². The summed E-state index contributed by atoms with van der Waals surface area (Å²) >= 11 is 0. The lowest BCUT2D eigenvalue weighted by Gasteiger charge is -1.95. The predicted molar refractivity (Wildman–Crippen MR) is 62.5 cm³/mol. The van der Waals surface area contributed by atoms with E-state index in [-0.39, 0.29) is 0 Å². The molecule has 0 aliphatic carbocycles. The molecule has 2 rings (SSSR count). The quantitative estimate of drug-likeness (QED) is 0.713. The number of rotatable bonds is 1. The molecule has 0 amide bonds. The van der Waals surface area contributed by atoms with Gasteiger partial charge in [-0.3, -0.25) is 9.67 Å². The van der Waals surface area contributed by atoms with Crippen LogP contribution in [0, 0.1) is 6.92 Å². The highest BCUT2D eigenvalue weighted by Crippen LogP contribution is 2.16. The molecule has 2 heterocycles. The highest BCUT2D eigenvalue weighted by molar-refractivity contribution is 5.60. The van der Waals surface area contributed by atoms with E-state index in [1.807, 2.05) is 52.5 Å². The average molecular weight is 203 g/mol. The molecule has 80 valence electrons. The van der Waals surface area contributed by atoms with Crippen LogP contribution in [0.4, 0.5) is 0 Å². The van der Waals surface area contributed by atoms with Gasteiger partial charge in [0.05, 0.1) is 6.20 Å². The zero-order chi connectivity index (χ0) is 11.3. The first-order valence-electron chi connectivity index (χ1n) is 5.17. The molecule has 0 atom stereocenters. The summed E-state index contributed by atoms with van der Waals surface area (Å²) in [4.78, 5) is 4.23. The van der Waals surface area contributed by atoms with E-state index >= 15 is 0 Å². The Bertz CT molecular complexity index is 401. The van der Waals surface area contributed by atoms with Crippen molar-refractivity contribution in [2.75, 3.05) is 0 Å². The van der Waals surface area contributed by atoms with Crippen LogP contribution < -0.4 is 0 Å². The summed E-state index contributed by atoms with van der Waals surface area (Å²) in [7, 11) is 1.91. The maximum atomic E-state index is 4.23. The molecule has 0 N–H and O–H groups in total. The van der Waals surface area contributed by atoms with Gasteiger partial charge in [0.1, 0.15) is 0 Å². The van der Waals surface area contributed by atoms with E-state index in [0.717, 1.165) is 16.8 Å². The van der Waals surface area contributed by atoms with Gasteiger partial charge in [-0.25, -0.2) is 0 Å². The highest BCUT2D eigenvalue weighted by Gasteiger charge is 1.99. The summed E-state index contributed by atoms with van der Waals surface area (Å²) in [6.07, 6.45) is 5.69. The fourth-order valence-corrected chi connectivity index (χ4v) is 1.21. The number of aryl methyl sites for hydroxylation is 2. The van der Waals surface area contributed by atoms with Gasteiger partial charge in [-0.15, -0.1) is 0 Å². The third-order valence-electron chi connectivity index (χ3n) is 1.95. The second kappa shape index (κ2) is 5.29. The molecule has 0 aliphatic rings. The Morgan fingerprint density at radius 3 is 2.27 bits per heavy atom. The summed E-state index contributed by atoms with van der Waals surface area (Å²) in [6.45, 7) is 5.98. The van der Waals surface area contributed by atoms with E-state index in [4.69, 9.17) is 0 Å². The molecular weight excluding hydrogens is 186 g/mol.